The van der Waals surface area contributed by atoms with Crippen LogP contribution in [0.15, 0.2) is 39.5 Å². The summed E-state index contributed by atoms with van der Waals surface area (Å²) in [6, 6.07) is 5.15. The molecule has 0 saturated heterocycles. The third-order valence-corrected chi connectivity index (χ3v) is 3.12. The molecule has 0 aliphatic rings. The first-order chi connectivity index (χ1) is 9.77. The quantitative estimate of drug-likeness (QED) is 0.493. The molecule has 0 saturated carbocycles. The Morgan fingerprint density at radius 2 is 1.67 bits per heavy atom. The second-order valence-electron chi connectivity index (χ2n) is 4.48. The molecule has 1 heterocycles. The average Bonchev–Trinajstić information content (AvgIpc) is 2.37. The van der Waals surface area contributed by atoms with Crippen LogP contribution in [0.25, 0.3) is 21.7 Å². The molecule has 3 rings (SSSR count). The van der Waals surface area contributed by atoms with E-state index in [-0.39, 0.29) is 27.5 Å². The van der Waals surface area contributed by atoms with Crippen molar-refractivity contribution in [3.8, 4) is 11.5 Å². The molecular formula is C14H7F3O4. The molecule has 7 heteroatoms. The molecule has 1 aromatic heterocycles. The fourth-order valence-electron chi connectivity index (χ4n) is 2.18. The molecule has 3 aromatic rings. The Morgan fingerprint density at radius 3 is 2.33 bits per heavy atom. The Labute approximate surface area is 114 Å². The SMILES string of the molecule is O=c1oc2cc(O)c(C(F)(F)F)cc2c2ccc(O)cc12. The molecule has 0 bridgehead atoms. The highest BCUT2D eigenvalue weighted by Crippen LogP contribution is 2.39. The van der Waals surface area contributed by atoms with E-state index in [2.05, 4.69) is 0 Å². The van der Waals surface area contributed by atoms with Crippen molar-refractivity contribution in [1.82, 2.24) is 0 Å². The average molecular weight is 296 g/mol. The van der Waals surface area contributed by atoms with Crippen LogP contribution in [0.3, 0.4) is 0 Å². The van der Waals surface area contributed by atoms with E-state index in [1.807, 2.05) is 0 Å². The van der Waals surface area contributed by atoms with Crippen LogP contribution >= 0.6 is 0 Å². The predicted molar refractivity (Wildman–Crippen MR) is 68.3 cm³/mol. The normalized spacial score (nSPS) is 12.1. The molecule has 0 atom stereocenters. The van der Waals surface area contributed by atoms with Gasteiger partial charge in [0, 0.05) is 16.8 Å². The standard InChI is InChI=1S/C14H7F3O4/c15-14(16,17)10-4-8-7-2-1-6(18)3-9(7)13(20)21-12(8)5-11(10)19/h1-5,18-19H. The third kappa shape index (κ3) is 2.06. The highest BCUT2D eigenvalue weighted by Gasteiger charge is 2.34. The topological polar surface area (TPSA) is 70.7 Å². The van der Waals surface area contributed by atoms with Gasteiger partial charge in [0.15, 0.2) is 0 Å². The van der Waals surface area contributed by atoms with Gasteiger partial charge in [-0.1, -0.05) is 0 Å². The zero-order valence-corrected chi connectivity index (χ0v) is 10.2. The van der Waals surface area contributed by atoms with E-state index in [4.69, 9.17) is 4.42 Å². The maximum Gasteiger partial charge on any atom is 0.419 e. The molecule has 0 radical (unpaired) electrons. The van der Waals surface area contributed by atoms with Gasteiger partial charge in [0.1, 0.15) is 17.1 Å². The second kappa shape index (κ2) is 4.15. The molecule has 0 aliphatic heterocycles. The zero-order chi connectivity index (χ0) is 15.4. The molecule has 2 aromatic carbocycles. The molecule has 0 spiro atoms. The number of halogens is 3. The minimum absolute atomic E-state index is 0.0229. The van der Waals surface area contributed by atoms with Gasteiger partial charge in [-0.15, -0.1) is 0 Å². The monoisotopic (exact) mass is 296 g/mol. The summed E-state index contributed by atoms with van der Waals surface area (Å²) in [4.78, 5) is 11.8. The Kier molecular flexibility index (Phi) is 2.62. The first-order valence-electron chi connectivity index (χ1n) is 5.77. The van der Waals surface area contributed by atoms with E-state index in [0.717, 1.165) is 12.1 Å². The van der Waals surface area contributed by atoms with Crippen molar-refractivity contribution >= 4 is 21.7 Å². The van der Waals surface area contributed by atoms with Gasteiger partial charge in [-0.25, -0.2) is 4.79 Å². The number of rotatable bonds is 0. The lowest BCUT2D eigenvalue weighted by molar-refractivity contribution is -0.138. The van der Waals surface area contributed by atoms with Crippen LogP contribution in [0.2, 0.25) is 0 Å². The molecule has 0 amide bonds. The Hall–Kier alpha value is -2.70. The number of fused-ring (bicyclic) bond motifs is 3. The Morgan fingerprint density at radius 1 is 0.952 bits per heavy atom. The first kappa shape index (κ1) is 13.3. The smallest absolute Gasteiger partial charge is 0.419 e. The van der Waals surface area contributed by atoms with Crippen LogP contribution in [0, 0.1) is 0 Å². The maximum absolute atomic E-state index is 12.8. The minimum atomic E-state index is -4.74. The van der Waals surface area contributed by atoms with E-state index in [1.54, 1.807) is 0 Å². The molecule has 21 heavy (non-hydrogen) atoms. The van der Waals surface area contributed by atoms with Gasteiger partial charge in [-0.2, -0.15) is 13.2 Å². The van der Waals surface area contributed by atoms with Crippen molar-refractivity contribution in [2.45, 2.75) is 6.18 Å². The van der Waals surface area contributed by atoms with E-state index in [1.165, 1.54) is 12.1 Å². The summed E-state index contributed by atoms with van der Waals surface area (Å²) < 4.78 is 43.4. The lowest BCUT2D eigenvalue weighted by atomic mass is 10.0. The highest BCUT2D eigenvalue weighted by atomic mass is 19.4. The molecule has 2 N–H and O–H groups in total. The number of hydrogen-bond acceptors (Lipinski definition) is 4. The van der Waals surface area contributed by atoms with Crippen molar-refractivity contribution in [3.05, 3.63) is 46.3 Å². The van der Waals surface area contributed by atoms with Gasteiger partial charge < -0.3 is 14.6 Å². The van der Waals surface area contributed by atoms with Gasteiger partial charge in [-0.05, 0) is 24.3 Å². The largest absolute Gasteiger partial charge is 0.508 e. The summed E-state index contributed by atoms with van der Waals surface area (Å²) in [6.45, 7) is 0. The first-order valence-corrected chi connectivity index (χ1v) is 5.77. The molecule has 0 unspecified atom stereocenters. The molecule has 0 fully saturated rings. The number of aromatic hydroxyl groups is 2. The Bertz CT molecular complexity index is 925. The van der Waals surface area contributed by atoms with E-state index in [0.29, 0.717) is 6.07 Å². The van der Waals surface area contributed by atoms with E-state index < -0.39 is 23.1 Å². The van der Waals surface area contributed by atoms with Crippen LogP contribution in [0.4, 0.5) is 13.2 Å². The summed E-state index contributed by atoms with van der Waals surface area (Å²) in [6.07, 6.45) is -4.74. The molecular weight excluding hydrogens is 289 g/mol. The van der Waals surface area contributed by atoms with Crippen molar-refractivity contribution in [3.63, 3.8) is 0 Å². The lowest BCUT2D eigenvalue weighted by Crippen LogP contribution is -2.06. The van der Waals surface area contributed by atoms with Crippen LogP contribution < -0.4 is 5.63 Å². The minimum Gasteiger partial charge on any atom is -0.508 e. The maximum atomic E-state index is 12.8. The van der Waals surface area contributed by atoms with Crippen molar-refractivity contribution in [2.24, 2.45) is 0 Å². The lowest BCUT2D eigenvalue weighted by Gasteiger charge is -2.11. The van der Waals surface area contributed by atoms with Crippen molar-refractivity contribution in [2.75, 3.05) is 0 Å². The predicted octanol–water partition coefficient (Wildman–Crippen LogP) is 3.38. The van der Waals surface area contributed by atoms with Crippen LogP contribution in [-0.4, -0.2) is 10.2 Å². The molecule has 4 nitrogen and oxygen atoms in total. The van der Waals surface area contributed by atoms with Crippen LogP contribution in [-0.2, 0) is 6.18 Å². The van der Waals surface area contributed by atoms with Gasteiger partial charge in [0.2, 0.25) is 0 Å². The fraction of sp³-hybridized carbons (Fsp3) is 0.0714. The number of benzene rings is 2. The van der Waals surface area contributed by atoms with Crippen molar-refractivity contribution in [1.29, 1.82) is 0 Å². The highest BCUT2D eigenvalue weighted by molar-refractivity contribution is 6.05. The van der Waals surface area contributed by atoms with Crippen molar-refractivity contribution < 1.29 is 27.8 Å². The van der Waals surface area contributed by atoms with Gasteiger partial charge >= 0.3 is 11.8 Å². The van der Waals surface area contributed by atoms with Gasteiger partial charge in [0.05, 0.1) is 10.9 Å². The molecule has 108 valence electrons. The fourth-order valence-corrected chi connectivity index (χ4v) is 2.18. The van der Waals surface area contributed by atoms with Crippen LogP contribution in [0.5, 0.6) is 11.5 Å². The second-order valence-corrected chi connectivity index (χ2v) is 4.48. The summed E-state index contributed by atoms with van der Waals surface area (Å²) in [5.41, 5.74) is -2.20. The molecule has 0 aliphatic carbocycles. The summed E-state index contributed by atoms with van der Waals surface area (Å²) in [5.74, 6) is -1.22. The summed E-state index contributed by atoms with van der Waals surface area (Å²) in [7, 11) is 0. The summed E-state index contributed by atoms with van der Waals surface area (Å²) >= 11 is 0. The number of phenolic OH excluding ortho intramolecular Hbond substituents is 2. The summed E-state index contributed by atoms with van der Waals surface area (Å²) in [5, 5.41) is 19.0. The van der Waals surface area contributed by atoms with Gasteiger partial charge in [0.25, 0.3) is 0 Å². The van der Waals surface area contributed by atoms with Gasteiger partial charge in [-0.3, -0.25) is 0 Å². The van der Waals surface area contributed by atoms with Crippen LogP contribution in [0.1, 0.15) is 5.56 Å². The Balaban J connectivity index is 2.51. The number of hydrogen-bond donors (Lipinski definition) is 2. The number of phenols is 2. The van der Waals surface area contributed by atoms with E-state index in [9.17, 15) is 28.2 Å². The third-order valence-electron chi connectivity index (χ3n) is 3.12. The van der Waals surface area contributed by atoms with E-state index >= 15 is 0 Å². The number of alkyl halides is 3. The zero-order valence-electron chi connectivity index (χ0n) is 10.2.